The highest BCUT2D eigenvalue weighted by Gasteiger charge is 2.39. The summed E-state index contributed by atoms with van der Waals surface area (Å²) in [4.78, 5) is 25.9. The smallest absolute Gasteiger partial charge is 0.406 e. The molecule has 0 aliphatic carbocycles. The molecule has 0 bridgehead atoms. The number of hydrogen-bond donors (Lipinski definition) is 0. The van der Waals surface area contributed by atoms with Crippen molar-refractivity contribution in [1.29, 1.82) is 0 Å². The lowest BCUT2D eigenvalue weighted by atomic mass is 9.97. The van der Waals surface area contributed by atoms with Crippen LogP contribution in [0.2, 0.25) is 0 Å². The van der Waals surface area contributed by atoms with Crippen LogP contribution in [0.4, 0.5) is 18.9 Å². The van der Waals surface area contributed by atoms with Gasteiger partial charge in [-0.3, -0.25) is 14.5 Å². The molecule has 3 rings (SSSR count). The van der Waals surface area contributed by atoms with Crippen molar-refractivity contribution >= 4 is 17.5 Å². The van der Waals surface area contributed by atoms with Crippen molar-refractivity contribution in [1.82, 2.24) is 0 Å². The molecule has 2 amide bonds. The van der Waals surface area contributed by atoms with Crippen LogP contribution >= 0.6 is 0 Å². The van der Waals surface area contributed by atoms with E-state index in [2.05, 4.69) is 4.74 Å². The first-order chi connectivity index (χ1) is 12.2. The molecule has 1 fully saturated rings. The summed E-state index contributed by atoms with van der Waals surface area (Å²) in [5, 5.41) is 0. The molecule has 0 N–H and O–H groups in total. The number of anilines is 1. The lowest BCUT2D eigenvalue weighted by molar-refractivity contribution is -0.274. The normalized spacial score (nSPS) is 17.7. The molecule has 1 aliphatic rings. The van der Waals surface area contributed by atoms with E-state index < -0.39 is 18.0 Å². The van der Waals surface area contributed by atoms with Gasteiger partial charge in [0.15, 0.2) is 0 Å². The number of rotatable bonds is 4. The van der Waals surface area contributed by atoms with Crippen LogP contribution < -0.4 is 9.64 Å². The highest BCUT2D eigenvalue weighted by Crippen LogP contribution is 2.31. The Balaban J connectivity index is 1.73. The molecular formula is C19H16F3NO3. The number of benzene rings is 2. The van der Waals surface area contributed by atoms with Gasteiger partial charge in [0.05, 0.1) is 11.6 Å². The largest absolute Gasteiger partial charge is 0.573 e. The predicted octanol–water partition coefficient (Wildman–Crippen LogP) is 4.02. The van der Waals surface area contributed by atoms with E-state index in [1.807, 2.05) is 31.2 Å². The molecule has 4 nitrogen and oxygen atoms in total. The summed E-state index contributed by atoms with van der Waals surface area (Å²) in [6, 6.07) is 12.4. The monoisotopic (exact) mass is 363 g/mol. The standard InChI is InChI=1S/C19H16F3NO3/c1-12-2-4-13(5-3-12)10-14-11-17(24)23(18(14)25)15-6-8-16(9-7-15)26-19(20,21)22/h2-9,14H,10-11H2,1H3/t14-/m1/s1. The average molecular weight is 363 g/mol. The molecule has 0 spiro atoms. The molecule has 2 aromatic carbocycles. The van der Waals surface area contributed by atoms with E-state index >= 15 is 0 Å². The van der Waals surface area contributed by atoms with Crippen LogP contribution in [0.5, 0.6) is 5.75 Å². The Bertz CT molecular complexity index is 813. The summed E-state index contributed by atoms with van der Waals surface area (Å²) in [6.45, 7) is 1.96. The number of alkyl halides is 3. The molecule has 2 aromatic rings. The van der Waals surface area contributed by atoms with Crippen LogP contribution in [0, 0.1) is 12.8 Å². The zero-order chi connectivity index (χ0) is 18.9. The number of imide groups is 1. The summed E-state index contributed by atoms with van der Waals surface area (Å²) in [7, 11) is 0. The molecular weight excluding hydrogens is 347 g/mol. The van der Waals surface area contributed by atoms with Crippen LogP contribution in [-0.2, 0) is 16.0 Å². The molecule has 0 unspecified atom stereocenters. The van der Waals surface area contributed by atoms with Crippen LogP contribution in [0.1, 0.15) is 17.5 Å². The number of nitrogens with zero attached hydrogens (tertiary/aromatic N) is 1. The summed E-state index contributed by atoms with van der Waals surface area (Å²) in [6.07, 6.45) is -4.27. The van der Waals surface area contributed by atoms with Crippen molar-refractivity contribution in [2.24, 2.45) is 5.92 Å². The Morgan fingerprint density at radius 2 is 1.65 bits per heavy atom. The van der Waals surface area contributed by atoms with Gasteiger partial charge in [0.2, 0.25) is 11.8 Å². The highest BCUT2D eigenvalue weighted by atomic mass is 19.4. The van der Waals surface area contributed by atoms with E-state index in [1.165, 1.54) is 12.1 Å². The van der Waals surface area contributed by atoms with E-state index in [9.17, 15) is 22.8 Å². The summed E-state index contributed by atoms with van der Waals surface area (Å²) >= 11 is 0. The van der Waals surface area contributed by atoms with Crippen molar-refractivity contribution in [3.05, 3.63) is 59.7 Å². The van der Waals surface area contributed by atoms with Crippen LogP contribution in [0.25, 0.3) is 0 Å². The zero-order valence-corrected chi connectivity index (χ0v) is 13.9. The molecule has 26 heavy (non-hydrogen) atoms. The fourth-order valence-corrected chi connectivity index (χ4v) is 2.93. The molecule has 1 saturated heterocycles. The van der Waals surface area contributed by atoms with E-state index in [-0.39, 0.29) is 23.9 Å². The molecule has 0 radical (unpaired) electrons. The molecule has 0 aromatic heterocycles. The zero-order valence-electron chi connectivity index (χ0n) is 13.9. The number of carbonyl (C=O) groups excluding carboxylic acids is 2. The molecule has 1 heterocycles. The Kier molecular flexibility index (Phi) is 4.71. The highest BCUT2D eigenvalue weighted by molar-refractivity contribution is 6.21. The number of hydrogen-bond acceptors (Lipinski definition) is 3. The minimum atomic E-state index is -4.79. The quantitative estimate of drug-likeness (QED) is 0.771. The van der Waals surface area contributed by atoms with Gasteiger partial charge >= 0.3 is 6.36 Å². The average Bonchev–Trinajstić information content (AvgIpc) is 2.83. The van der Waals surface area contributed by atoms with Gasteiger partial charge in [-0.15, -0.1) is 13.2 Å². The van der Waals surface area contributed by atoms with Gasteiger partial charge < -0.3 is 4.74 Å². The van der Waals surface area contributed by atoms with Crippen molar-refractivity contribution in [2.45, 2.75) is 26.1 Å². The van der Waals surface area contributed by atoms with Crippen molar-refractivity contribution in [3.63, 3.8) is 0 Å². The maximum absolute atomic E-state index is 12.6. The summed E-state index contributed by atoms with van der Waals surface area (Å²) in [5.41, 5.74) is 2.30. The molecule has 7 heteroatoms. The van der Waals surface area contributed by atoms with Gasteiger partial charge in [-0.05, 0) is 43.2 Å². The van der Waals surface area contributed by atoms with Gasteiger partial charge in [0.25, 0.3) is 0 Å². The van der Waals surface area contributed by atoms with Gasteiger partial charge in [0, 0.05) is 6.42 Å². The molecule has 1 aliphatic heterocycles. The van der Waals surface area contributed by atoms with E-state index in [1.54, 1.807) is 0 Å². The Morgan fingerprint density at radius 1 is 1.04 bits per heavy atom. The fraction of sp³-hybridized carbons (Fsp3) is 0.263. The van der Waals surface area contributed by atoms with Gasteiger partial charge in [0.1, 0.15) is 5.75 Å². The van der Waals surface area contributed by atoms with E-state index in [4.69, 9.17) is 0 Å². The number of halogens is 3. The van der Waals surface area contributed by atoms with E-state index in [0.717, 1.165) is 28.2 Å². The second kappa shape index (κ2) is 6.82. The van der Waals surface area contributed by atoms with Crippen molar-refractivity contribution in [2.75, 3.05) is 4.90 Å². The maximum atomic E-state index is 12.6. The molecule has 0 saturated carbocycles. The summed E-state index contributed by atoms with van der Waals surface area (Å²) in [5.74, 6) is -1.59. The van der Waals surface area contributed by atoms with Gasteiger partial charge in [-0.1, -0.05) is 29.8 Å². The first-order valence-corrected chi connectivity index (χ1v) is 8.01. The predicted molar refractivity (Wildman–Crippen MR) is 88.6 cm³/mol. The number of amides is 2. The second-order valence-corrected chi connectivity index (χ2v) is 6.20. The van der Waals surface area contributed by atoms with Crippen LogP contribution in [-0.4, -0.2) is 18.2 Å². The van der Waals surface area contributed by atoms with Crippen LogP contribution in [0.3, 0.4) is 0 Å². The number of aryl methyl sites for hydroxylation is 1. The van der Waals surface area contributed by atoms with E-state index in [0.29, 0.717) is 6.42 Å². The van der Waals surface area contributed by atoms with Crippen molar-refractivity contribution in [3.8, 4) is 5.75 Å². The number of ether oxygens (including phenoxy) is 1. The Labute approximate surface area is 148 Å². The minimum Gasteiger partial charge on any atom is -0.406 e. The topological polar surface area (TPSA) is 46.6 Å². The third kappa shape index (κ3) is 4.04. The lowest BCUT2D eigenvalue weighted by Gasteiger charge is -2.16. The SMILES string of the molecule is Cc1ccc(C[C@@H]2CC(=O)N(c3ccc(OC(F)(F)F)cc3)C2=O)cc1. The Hall–Kier alpha value is -2.83. The summed E-state index contributed by atoms with van der Waals surface area (Å²) < 4.78 is 40.4. The lowest BCUT2D eigenvalue weighted by Crippen LogP contribution is -2.30. The van der Waals surface area contributed by atoms with Crippen molar-refractivity contribution < 1.29 is 27.5 Å². The van der Waals surface area contributed by atoms with Crippen LogP contribution in [0.15, 0.2) is 48.5 Å². The molecule has 136 valence electrons. The maximum Gasteiger partial charge on any atom is 0.573 e. The van der Waals surface area contributed by atoms with Gasteiger partial charge in [-0.2, -0.15) is 0 Å². The third-order valence-electron chi connectivity index (χ3n) is 4.17. The first kappa shape index (κ1) is 18.0. The second-order valence-electron chi connectivity index (χ2n) is 6.20. The third-order valence-corrected chi connectivity index (χ3v) is 4.17. The first-order valence-electron chi connectivity index (χ1n) is 8.01. The number of carbonyl (C=O) groups is 2. The fourth-order valence-electron chi connectivity index (χ4n) is 2.93. The molecule has 1 atom stereocenters. The minimum absolute atomic E-state index is 0.0769. The van der Waals surface area contributed by atoms with Gasteiger partial charge in [-0.25, -0.2) is 0 Å². The Morgan fingerprint density at radius 3 is 2.23 bits per heavy atom.